The number of imidazole rings is 2. The topological polar surface area (TPSA) is 269 Å². The molecule has 0 atom stereocenters. The van der Waals surface area contributed by atoms with Crippen molar-refractivity contribution in [1.29, 1.82) is 0 Å². The van der Waals surface area contributed by atoms with Gasteiger partial charge < -0.3 is 61.6 Å². The van der Waals surface area contributed by atoms with Crippen molar-refractivity contribution in [3.8, 4) is 57.5 Å². The van der Waals surface area contributed by atoms with Gasteiger partial charge in [0.2, 0.25) is 0 Å². The van der Waals surface area contributed by atoms with Crippen LogP contribution in [0.3, 0.4) is 0 Å². The van der Waals surface area contributed by atoms with Crippen molar-refractivity contribution in [2.45, 2.75) is 13.2 Å². The van der Waals surface area contributed by atoms with Gasteiger partial charge in [0.05, 0.1) is 83.0 Å². The lowest BCUT2D eigenvalue weighted by atomic mass is 9.84. The van der Waals surface area contributed by atoms with Crippen LogP contribution < -0.4 is 62.5 Å². The number of nitrogen functional groups attached to an aromatic ring is 4. The van der Waals surface area contributed by atoms with Crippen LogP contribution in [0.5, 0.6) is 57.5 Å². The van der Waals surface area contributed by atoms with Gasteiger partial charge in [-0.2, -0.15) is 0 Å². The second-order valence-electron chi connectivity index (χ2n) is 20.1. The zero-order valence-electron chi connectivity index (χ0n) is 43.5. The number of benzene rings is 11. The van der Waals surface area contributed by atoms with Gasteiger partial charge in [0.1, 0.15) is 57.3 Å². The van der Waals surface area contributed by atoms with E-state index in [-0.39, 0.29) is 92.7 Å². The number of aliphatic hydroxyl groups is 2. The molecule has 400 valence electrons. The number of nitrogens with zero attached hydrogens (tertiary/aromatic N) is 4. The molecule has 0 saturated carbocycles. The minimum atomic E-state index is -0.407. The van der Waals surface area contributed by atoms with Crippen LogP contribution in [0.1, 0.15) is 11.1 Å². The number of aromatic nitrogens is 4. The molecule has 0 radical (unpaired) electrons. The monoisotopic (exact) mass is 1080 g/mol. The Morgan fingerprint density at radius 2 is 0.732 bits per heavy atom. The highest BCUT2D eigenvalue weighted by molar-refractivity contribution is 6.45. The standard InChI is InChI=1S/C64H44N8O10/c1-77-31-13-17-47(39(67)21-31)81-51-25-35-53-33(61-69-41-7-3-5-9-43(41)71(61)63(35)75)23-49(79-45-15-11-29(27-73)19-37(45)65)55-56-50(80-46-16-12-30(28-74)20-38(46)66)24-34-54-36(64(76)72-44-10-6-4-8-42(44)70-62(34)72)26-52(58(60(54)56)57(51)59(53)55)82-48-18-14-32(78-2)22-40(48)68/h3-26,73-74H,27-28,65-68H2,1-2H3. The molecule has 0 aliphatic heterocycles. The summed E-state index contributed by atoms with van der Waals surface area (Å²) in [5.74, 6) is 2.56. The van der Waals surface area contributed by atoms with Crippen LogP contribution >= 0.6 is 0 Å². The van der Waals surface area contributed by atoms with E-state index in [1.54, 1.807) is 93.7 Å². The molecule has 15 rings (SSSR count). The summed E-state index contributed by atoms with van der Waals surface area (Å²) in [6, 6.07) is 41.8. The minimum Gasteiger partial charge on any atom is -0.497 e. The SMILES string of the molecule is COc1ccc(Oc2cc3c(=O)n4c5ccccc5nc4c4cc(Oc5ccc(CO)cc5N)c5c6c(Oc7ccc(CO)cc7N)cc7c8c(cc(Oc9ccc(OC)cc9N)c(c2c5c34)c68)c(=O)n2c3ccccc3nc72)c(N)c1. The Morgan fingerprint density at radius 1 is 0.390 bits per heavy atom. The van der Waals surface area contributed by atoms with Crippen molar-refractivity contribution in [1.82, 2.24) is 18.8 Å². The van der Waals surface area contributed by atoms with Crippen LogP contribution in [0.4, 0.5) is 22.7 Å². The van der Waals surface area contributed by atoms with E-state index in [0.29, 0.717) is 110 Å². The van der Waals surface area contributed by atoms with E-state index in [2.05, 4.69) is 0 Å². The summed E-state index contributed by atoms with van der Waals surface area (Å²) < 4.78 is 42.9. The minimum absolute atomic E-state index is 0.149. The Bertz CT molecular complexity index is 5000. The molecule has 0 bridgehead atoms. The highest BCUT2D eigenvalue weighted by atomic mass is 16.5. The first-order chi connectivity index (χ1) is 39.9. The number of hydrogen-bond acceptors (Lipinski definition) is 16. The maximum atomic E-state index is 15.7. The fourth-order valence-corrected chi connectivity index (χ4v) is 11.8. The molecule has 4 heterocycles. The third-order valence-electron chi connectivity index (χ3n) is 15.5. The molecule has 0 fully saturated rings. The lowest BCUT2D eigenvalue weighted by Gasteiger charge is -2.25. The zero-order valence-corrected chi connectivity index (χ0v) is 43.5. The number of anilines is 4. The fourth-order valence-electron chi connectivity index (χ4n) is 11.8. The number of aliphatic hydroxyl groups excluding tert-OH is 2. The molecule has 18 nitrogen and oxygen atoms in total. The van der Waals surface area contributed by atoms with Gasteiger partial charge in [0, 0.05) is 66.0 Å². The predicted octanol–water partition coefficient (Wildman–Crippen LogP) is 11.7. The van der Waals surface area contributed by atoms with Crippen molar-refractivity contribution >= 4 is 121 Å². The summed E-state index contributed by atoms with van der Waals surface area (Å²) in [6.07, 6.45) is 0. The largest absolute Gasteiger partial charge is 0.497 e. The molecule has 0 aliphatic rings. The van der Waals surface area contributed by atoms with Gasteiger partial charge in [0.15, 0.2) is 11.5 Å². The van der Waals surface area contributed by atoms with E-state index < -0.39 is 11.1 Å². The van der Waals surface area contributed by atoms with E-state index in [0.717, 1.165) is 0 Å². The van der Waals surface area contributed by atoms with Crippen molar-refractivity contribution in [2.75, 3.05) is 37.2 Å². The van der Waals surface area contributed by atoms with Gasteiger partial charge >= 0.3 is 0 Å². The summed E-state index contributed by atoms with van der Waals surface area (Å²) in [7, 11) is 3.06. The van der Waals surface area contributed by atoms with Crippen LogP contribution in [0.2, 0.25) is 0 Å². The van der Waals surface area contributed by atoms with Gasteiger partial charge in [-0.3, -0.25) is 18.4 Å². The second kappa shape index (κ2) is 17.7. The maximum Gasteiger partial charge on any atom is 0.264 e. The average Bonchev–Trinajstić information content (AvgIpc) is 1.11. The summed E-state index contributed by atoms with van der Waals surface area (Å²) in [5.41, 5.74) is 31.3. The second-order valence-corrected chi connectivity index (χ2v) is 20.1. The molecule has 0 amide bonds. The Morgan fingerprint density at radius 3 is 1.07 bits per heavy atom. The van der Waals surface area contributed by atoms with Gasteiger partial charge in [0.25, 0.3) is 11.1 Å². The summed E-state index contributed by atoms with van der Waals surface area (Å²) in [5, 5.41) is 25.2. The molecular formula is C64H44N8O10. The number of rotatable bonds is 12. The van der Waals surface area contributed by atoms with Crippen LogP contribution in [0, 0.1) is 0 Å². The van der Waals surface area contributed by atoms with Crippen LogP contribution in [-0.4, -0.2) is 43.2 Å². The van der Waals surface area contributed by atoms with Crippen molar-refractivity contribution < 1.29 is 38.6 Å². The summed E-state index contributed by atoms with van der Waals surface area (Å²) in [4.78, 5) is 41.7. The van der Waals surface area contributed by atoms with Gasteiger partial charge in [-0.25, -0.2) is 9.97 Å². The van der Waals surface area contributed by atoms with Gasteiger partial charge in [-0.15, -0.1) is 0 Å². The third-order valence-corrected chi connectivity index (χ3v) is 15.5. The summed E-state index contributed by atoms with van der Waals surface area (Å²) >= 11 is 0. The molecule has 4 aromatic heterocycles. The Labute approximate surface area is 461 Å². The van der Waals surface area contributed by atoms with Crippen molar-refractivity contribution in [3.63, 3.8) is 0 Å². The first-order valence-corrected chi connectivity index (χ1v) is 25.9. The first kappa shape index (κ1) is 48.1. The van der Waals surface area contributed by atoms with Crippen molar-refractivity contribution in [3.05, 3.63) is 177 Å². The number of methoxy groups -OCH3 is 2. The maximum absolute atomic E-state index is 15.7. The molecule has 0 spiro atoms. The van der Waals surface area contributed by atoms with E-state index >= 15 is 9.59 Å². The number of hydrogen-bond donors (Lipinski definition) is 6. The van der Waals surface area contributed by atoms with Crippen LogP contribution in [0.25, 0.3) is 98.0 Å². The smallest absolute Gasteiger partial charge is 0.264 e. The number of pyridine rings is 2. The number of nitrogens with two attached hydrogens (primary N) is 4. The van der Waals surface area contributed by atoms with E-state index in [9.17, 15) is 10.2 Å². The molecular weight excluding hydrogens is 1040 g/mol. The normalized spacial score (nSPS) is 12.0. The number of para-hydroxylation sites is 4. The van der Waals surface area contributed by atoms with Gasteiger partial charge in [-0.05, 0) is 108 Å². The van der Waals surface area contributed by atoms with Crippen molar-refractivity contribution in [2.24, 2.45) is 0 Å². The van der Waals surface area contributed by atoms with E-state index in [1.807, 2.05) is 60.7 Å². The van der Waals surface area contributed by atoms with E-state index in [4.69, 9.17) is 61.3 Å². The van der Waals surface area contributed by atoms with Gasteiger partial charge in [-0.1, -0.05) is 36.4 Å². The van der Waals surface area contributed by atoms with E-state index in [1.165, 1.54) is 14.2 Å². The Kier molecular flexibility index (Phi) is 10.4. The molecule has 0 saturated heterocycles. The number of fused-ring (bicyclic) bond motifs is 10. The lowest BCUT2D eigenvalue weighted by molar-refractivity contribution is 0.281. The molecule has 82 heavy (non-hydrogen) atoms. The Hall–Kier alpha value is -11.1. The zero-order chi connectivity index (χ0) is 56.0. The third kappa shape index (κ3) is 6.88. The predicted molar refractivity (Wildman–Crippen MR) is 319 cm³/mol. The highest BCUT2D eigenvalue weighted by Gasteiger charge is 2.33. The van der Waals surface area contributed by atoms with Crippen LogP contribution in [-0.2, 0) is 13.2 Å². The summed E-state index contributed by atoms with van der Waals surface area (Å²) in [6.45, 7) is -0.557. The fraction of sp³-hybridized carbons (Fsp3) is 0.0625. The average molecular weight is 1090 g/mol. The lowest BCUT2D eigenvalue weighted by Crippen LogP contribution is -2.15. The quantitative estimate of drug-likeness (QED) is 0.0377. The van der Waals surface area contributed by atoms with Crippen LogP contribution in [0.15, 0.2) is 155 Å². The molecule has 0 unspecified atom stereocenters. The molecule has 11 aromatic carbocycles. The molecule has 0 aliphatic carbocycles. The molecule has 15 aromatic rings. The molecule has 18 heteroatoms. The Balaban J connectivity index is 1.24. The first-order valence-electron chi connectivity index (χ1n) is 25.9. The number of ether oxygens (including phenoxy) is 6. The molecule has 10 N–H and O–H groups in total. The highest BCUT2D eigenvalue weighted by Crippen LogP contribution is 2.58.